The summed E-state index contributed by atoms with van der Waals surface area (Å²) in [6, 6.07) is 10.0. The maximum atomic E-state index is 13.0. The first-order chi connectivity index (χ1) is 13.0. The minimum absolute atomic E-state index is 0.221. The van der Waals surface area contributed by atoms with Crippen LogP contribution in [0.5, 0.6) is 0 Å². The Hall–Kier alpha value is -3.34. The molecule has 0 unspecified atom stereocenters. The number of nitrogens with zero attached hydrogens (tertiary/aromatic N) is 4. The van der Waals surface area contributed by atoms with E-state index in [1.807, 2.05) is 16.8 Å². The first-order valence-electron chi connectivity index (χ1n) is 8.26. The summed E-state index contributed by atoms with van der Waals surface area (Å²) in [5.74, 6) is 0.507. The van der Waals surface area contributed by atoms with Gasteiger partial charge in [0.15, 0.2) is 0 Å². The number of nitriles is 1. The molecule has 2 aromatic heterocycles. The van der Waals surface area contributed by atoms with E-state index in [0.717, 1.165) is 25.1 Å². The van der Waals surface area contributed by atoms with Crippen LogP contribution in [0.2, 0.25) is 0 Å². The van der Waals surface area contributed by atoms with Crippen molar-refractivity contribution in [3.63, 3.8) is 0 Å². The molecule has 8 heteroatoms. The van der Waals surface area contributed by atoms with Crippen molar-refractivity contribution < 1.29 is 13.2 Å². The molecule has 1 aromatic carbocycles. The monoisotopic (exact) mass is 371 g/mol. The van der Waals surface area contributed by atoms with E-state index in [2.05, 4.69) is 15.3 Å². The van der Waals surface area contributed by atoms with Crippen LogP contribution in [0.25, 0.3) is 11.3 Å². The molecule has 27 heavy (non-hydrogen) atoms. The molecular formula is C19H16F3N5. The van der Waals surface area contributed by atoms with Crippen LogP contribution in [0.1, 0.15) is 17.5 Å². The summed E-state index contributed by atoms with van der Waals surface area (Å²) in [5, 5.41) is 12.4. The van der Waals surface area contributed by atoms with E-state index < -0.39 is 11.7 Å². The molecule has 0 atom stereocenters. The van der Waals surface area contributed by atoms with Gasteiger partial charge in [-0.2, -0.15) is 18.4 Å². The molecule has 0 aliphatic carbocycles. The van der Waals surface area contributed by atoms with Gasteiger partial charge in [-0.3, -0.25) is 0 Å². The number of benzene rings is 1. The molecule has 138 valence electrons. The van der Waals surface area contributed by atoms with Crippen LogP contribution in [-0.4, -0.2) is 21.1 Å². The van der Waals surface area contributed by atoms with Crippen molar-refractivity contribution >= 4 is 5.82 Å². The minimum atomic E-state index is -4.45. The first kappa shape index (κ1) is 18.5. The Morgan fingerprint density at radius 2 is 2.04 bits per heavy atom. The molecule has 3 rings (SSSR count). The van der Waals surface area contributed by atoms with Gasteiger partial charge in [0.2, 0.25) is 0 Å². The molecule has 0 saturated carbocycles. The largest absolute Gasteiger partial charge is 0.416 e. The lowest BCUT2D eigenvalue weighted by atomic mass is 10.0. The number of halogens is 3. The summed E-state index contributed by atoms with van der Waals surface area (Å²) in [7, 11) is 0. The smallest absolute Gasteiger partial charge is 0.370 e. The van der Waals surface area contributed by atoms with Crippen LogP contribution in [0.4, 0.5) is 19.0 Å². The normalized spacial score (nSPS) is 11.2. The zero-order valence-electron chi connectivity index (χ0n) is 14.2. The van der Waals surface area contributed by atoms with E-state index in [-0.39, 0.29) is 16.8 Å². The fraction of sp³-hybridized carbons (Fsp3) is 0.211. The summed E-state index contributed by atoms with van der Waals surface area (Å²) in [5.41, 5.74) is -0.0747. The van der Waals surface area contributed by atoms with E-state index in [1.165, 1.54) is 12.1 Å². The van der Waals surface area contributed by atoms with Crippen LogP contribution in [0, 0.1) is 11.3 Å². The van der Waals surface area contributed by atoms with Crippen molar-refractivity contribution in [2.45, 2.75) is 19.1 Å². The molecule has 0 aliphatic heterocycles. The van der Waals surface area contributed by atoms with E-state index in [4.69, 9.17) is 0 Å². The maximum absolute atomic E-state index is 13.0. The van der Waals surface area contributed by atoms with Crippen LogP contribution in [-0.2, 0) is 12.7 Å². The fourth-order valence-corrected chi connectivity index (χ4v) is 2.61. The van der Waals surface area contributed by atoms with Crippen molar-refractivity contribution in [3.05, 3.63) is 66.2 Å². The number of hydrogen-bond donors (Lipinski definition) is 1. The third-order valence-electron chi connectivity index (χ3n) is 3.94. The van der Waals surface area contributed by atoms with Gasteiger partial charge < -0.3 is 9.88 Å². The number of alkyl halides is 3. The highest BCUT2D eigenvalue weighted by Gasteiger charge is 2.30. The second-order valence-electron chi connectivity index (χ2n) is 5.86. The third kappa shape index (κ3) is 4.64. The van der Waals surface area contributed by atoms with Gasteiger partial charge in [-0.25, -0.2) is 9.97 Å². The number of aryl methyl sites for hydroxylation is 1. The molecule has 0 radical (unpaired) electrons. The van der Waals surface area contributed by atoms with E-state index in [0.29, 0.717) is 12.4 Å². The van der Waals surface area contributed by atoms with E-state index in [9.17, 15) is 18.4 Å². The summed E-state index contributed by atoms with van der Waals surface area (Å²) < 4.78 is 40.8. The minimum Gasteiger partial charge on any atom is -0.370 e. The predicted octanol–water partition coefficient (Wildman–Crippen LogP) is 4.34. The number of nitrogens with one attached hydrogen (secondary N) is 1. The number of imidazole rings is 1. The lowest BCUT2D eigenvalue weighted by molar-refractivity contribution is -0.137. The molecule has 0 spiro atoms. The molecule has 0 amide bonds. The quantitative estimate of drug-likeness (QED) is 0.655. The van der Waals surface area contributed by atoms with Crippen LogP contribution in [0.15, 0.2) is 55.1 Å². The van der Waals surface area contributed by atoms with Crippen molar-refractivity contribution in [2.24, 2.45) is 0 Å². The third-order valence-corrected chi connectivity index (χ3v) is 3.94. The average Bonchev–Trinajstić information content (AvgIpc) is 3.18. The predicted molar refractivity (Wildman–Crippen MR) is 94.7 cm³/mol. The summed E-state index contributed by atoms with van der Waals surface area (Å²) in [6.07, 6.45) is 1.66. The molecule has 0 saturated heterocycles. The number of rotatable bonds is 6. The summed E-state index contributed by atoms with van der Waals surface area (Å²) in [6.45, 7) is 1.41. The van der Waals surface area contributed by atoms with Gasteiger partial charge in [0.25, 0.3) is 0 Å². The molecule has 0 fully saturated rings. The van der Waals surface area contributed by atoms with Gasteiger partial charge in [-0.05, 0) is 30.7 Å². The van der Waals surface area contributed by atoms with Crippen molar-refractivity contribution in [1.82, 2.24) is 14.5 Å². The Balaban J connectivity index is 1.77. The molecular weight excluding hydrogens is 355 g/mol. The Kier molecular flexibility index (Phi) is 5.41. The van der Waals surface area contributed by atoms with Crippen LogP contribution < -0.4 is 5.32 Å². The highest BCUT2D eigenvalue weighted by Crippen LogP contribution is 2.32. The van der Waals surface area contributed by atoms with E-state index in [1.54, 1.807) is 24.7 Å². The molecule has 1 N–H and O–H groups in total. The molecule has 0 bridgehead atoms. The standard InChI is InChI=1S/C19H16F3N5/c20-19(21,22)16-4-1-3-14(11-16)18-15(12-23)5-6-17(26-18)25-7-2-9-27-10-8-24-13-27/h1,3-6,8,10-11,13H,2,7,9H2,(H,25,26). The highest BCUT2D eigenvalue weighted by atomic mass is 19.4. The van der Waals surface area contributed by atoms with Gasteiger partial charge in [0.1, 0.15) is 11.9 Å². The van der Waals surface area contributed by atoms with Crippen LogP contribution >= 0.6 is 0 Å². The topological polar surface area (TPSA) is 66.5 Å². The Morgan fingerprint density at radius 1 is 1.19 bits per heavy atom. The Morgan fingerprint density at radius 3 is 2.74 bits per heavy atom. The van der Waals surface area contributed by atoms with Gasteiger partial charge in [-0.1, -0.05) is 12.1 Å². The zero-order valence-corrected chi connectivity index (χ0v) is 14.2. The maximum Gasteiger partial charge on any atom is 0.416 e. The van der Waals surface area contributed by atoms with Crippen molar-refractivity contribution in [1.29, 1.82) is 5.26 Å². The lowest BCUT2D eigenvalue weighted by Gasteiger charge is -2.11. The van der Waals surface area contributed by atoms with Gasteiger partial charge >= 0.3 is 6.18 Å². The SMILES string of the molecule is N#Cc1ccc(NCCCn2ccnc2)nc1-c1cccc(C(F)(F)F)c1. The molecule has 0 aliphatic rings. The molecule has 5 nitrogen and oxygen atoms in total. The van der Waals surface area contributed by atoms with Crippen molar-refractivity contribution in [2.75, 3.05) is 11.9 Å². The van der Waals surface area contributed by atoms with Crippen LogP contribution in [0.3, 0.4) is 0 Å². The van der Waals surface area contributed by atoms with Gasteiger partial charge in [-0.15, -0.1) is 0 Å². The first-order valence-corrected chi connectivity index (χ1v) is 8.26. The number of aromatic nitrogens is 3. The number of anilines is 1. The summed E-state index contributed by atoms with van der Waals surface area (Å²) >= 11 is 0. The molecule has 2 heterocycles. The average molecular weight is 371 g/mol. The molecule has 3 aromatic rings. The second kappa shape index (κ2) is 7.91. The summed E-state index contributed by atoms with van der Waals surface area (Å²) in [4.78, 5) is 8.32. The van der Waals surface area contributed by atoms with E-state index >= 15 is 0 Å². The Labute approximate surface area is 154 Å². The van der Waals surface area contributed by atoms with Gasteiger partial charge in [0, 0.05) is 31.0 Å². The second-order valence-corrected chi connectivity index (χ2v) is 5.86. The zero-order chi connectivity index (χ0) is 19.3. The lowest BCUT2D eigenvalue weighted by Crippen LogP contribution is -2.08. The fourth-order valence-electron chi connectivity index (χ4n) is 2.61. The number of pyridine rings is 1. The van der Waals surface area contributed by atoms with Gasteiger partial charge in [0.05, 0.1) is 23.1 Å². The highest BCUT2D eigenvalue weighted by molar-refractivity contribution is 5.69. The van der Waals surface area contributed by atoms with Crippen molar-refractivity contribution in [3.8, 4) is 17.3 Å². The Bertz CT molecular complexity index is 943. The number of hydrogen-bond acceptors (Lipinski definition) is 4.